The molecule has 7 nitrogen and oxygen atoms in total. The molecule has 1 aromatic carbocycles. The highest BCUT2D eigenvalue weighted by molar-refractivity contribution is 5.89. The fourth-order valence-electron chi connectivity index (χ4n) is 2.30. The van der Waals surface area contributed by atoms with Crippen LogP contribution in [0.4, 0.5) is 10.5 Å². The topological polar surface area (TPSA) is 76.9 Å². The number of benzene rings is 1. The van der Waals surface area contributed by atoms with Crippen LogP contribution in [0.1, 0.15) is 5.69 Å². The van der Waals surface area contributed by atoms with E-state index in [4.69, 9.17) is 9.47 Å². The molecule has 124 valence electrons. The average molecular weight is 326 g/mol. The van der Waals surface area contributed by atoms with Crippen LogP contribution in [0.25, 0.3) is 5.52 Å². The first-order valence-corrected chi connectivity index (χ1v) is 7.39. The zero-order valence-electron chi connectivity index (χ0n) is 13.4. The number of carbonyl (C=O) groups excluding carboxylic acids is 1. The van der Waals surface area contributed by atoms with Crippen LogP contribution in [-0.2, 0) is 6.54 Å². The second-order valence-electron chi connectivity index (χ2n) is 5.11. The number of nitrogens with one attached hydrogen (secondary N) is 2. The van der Waals surface area contributed by atoms with Gasteiger partial charge in [-0.15, -0.1) is 0 Å². The van der Waals surface area contributed by atoms with Crippen molar-refractivity contribution in [3.8, 4) is 11.5 Å². The molecule has 0 atom stereocenters. The predicted octanol–water partition coefficient (Wildman–Crippen LogP) is 2.67. The van der Waals surface area contributed by atoms with Crippen molar-refractivity contribution in [2.45, 2.75) is 6.54 Å². The summed E-state index contributed by atoms with van der Waals surface area (Å²) in [4.78, 5) is 12.1. The lowest BCUT2D eigenvalue weighted by atomic mass is 10.3. The standard InChI is InChI=1S/C17H18N4O3/c1-23-15-8-12(9-16(10-15)24-2)19-17(22)18-11-13-7-14-5-3-4-6-21(14)20-13/h3-10H,11H2,1-2H3,(H2,18,19,22). The predicted molar refractivity (Wildman–Crippen MR) is 90.6 cm³/mol. The van der Waals surface area contributed by atoms with E-state index in [9.17, 15) is 4.79 Å². The molecule has 2 amide bonds. The first kappa shape index (κ1) is 15.7. The lowest BCUT2D eigenvalue weighted by molar-refractivity contribution is 0.251. The molecule has 24 heavy (non-hydrogen) atoms. The van der Waals surface area contributed by atoms with Gasteiger partial charge in [-0.1, -0.05) is 6.07 Å². The number of carbonyl (C=O) groups is 1. The van der Waals surface area contributed by atoms with E-state index < -0.39 is 0 Å². The highest BCUT2D eigenvalue weighted by Crippen LogP contribution is 2.25. The van der Waals surface area contributed by atoms with E-state index in [-0.39, 0.29) is 6.03 Å². The second-order valence-corrected chi connectivity index (χ2v) is 5.11. The number of hydrogen-bond donors (Lipinski definition) is 2. The number of methoxy groups -OCH3 is 2. The Balaban J connectivity index is 1.63. The second kappa shape index (κ2) is 6.91. The molecule has 0 saturated heterocycles. The Morgan fingerprint density at radius 3 is 2.54 bits per heavy atom. The van der Waals surface area contributed by atoms with Crippen molar-refractivity contribution in [2.24, 2.45) is 0 Å². The number of hydrogen-bond acceptors (Lipinski definition) is 4. The molecular weight excluding hydrogens is 308 g/mol. The SMILES string of the molecule is COc1cc(NC(=O)NCc2cc3ccccn3n2)cc(OC)c1. The molecule has 0 radical (unpaired) electrons. The molecule has 0 bridgehead atoms. The summed E-state index contributed by atoms with van der Waals surface area (Å²) in [5.74, 6) is 1.20. The molecule has 2 N–H and O–H groups in total. The van der Waals surface area contributed by atoms with Gasteiger partial charge in [0.15, 0.2) is 0 Å². The summed E-state index contributed by atoms with van der Waals surface area (Å²) >= 11 is 0. The van der Waals surface area contributed by atoms with E-state index in [2.05, 4.69) is 15.7 Å². The fourth-order valence-corrected chi connectivity index (χ4v) is 2.30. The van der Waals surface area contributed by atoms with E-state index in [0.29, 0.717) is 23.7 Å². The van der Waals surface area contributed by atoms with E-state index in [1.165, 1.54) is 0 Å². The van der Waals surface area contributed by atoms with Gasteiger partial charge in [-0.3, -0.25) is 0 Å². The van der Waals surface area contributed by atoms with Crippen molar-refractivity contribution in [1.29, 1.82) is 0 Å². The summed E-state index contributed by atoms with van der Waals surface area (Å²) < 4.78 is 12.1. The number of nitrogens with zero attached hydrogens (tertiary/aromatic N) is 2. The van der Waals surface area contributed by atoms with Crippen LogP contribution in [0.3, 0.4) is 0 Å². The molecule has 0 spiro atoms. The largest absolute Gasteiger partial charge is 0.497 e. The van der Waals surface area contributed by atoms with Gasteiger partial charge < -0.3 is 20.1 Å². The van der Waals surface area contributed by atoms with Crippen molar-refractivity contribution >= 4 is 17.2 Å². The van der Waals surface area contributed by atoms with Crippen LogP contribution in [0.15, 0.2) is 48.7 Å². The normalized spacial score (nSPS) is 10.4. The third kappa shape index (κ3) is 3.57. The van der Waals surface area contributed by atoms with Crippen molar-refractivity contribution in [3.05, 3.63) is 54.4 Å². The van der Waals surface area contributed by atoms with Gasteiger partial charge in [-0.25, -0.2) is 9.31 Å². The number of aromatic nitrogens is 2. The Morgan fingerprint density at radius 2 is 1.88 bits per heavy atom. The van der Waals surface area contributed by atoms with Gasteiger partial charge in [-0.05, 0) is 18.2 Å². The minimum absolute atomic E-state index is 0.328. The Bertz CT molecular complexity index is 805. The molecule has 0 unspecified atom stereocenters. The number of amides is 2. The smallest absolute Gasteiger partial charge is 0.319 e. The summed E-state index contributed by atoms with van der Waals surface area (Å²) in [6, 6.07) is 12.6. The first-order valence-electron chi connectivity index (χ1n) is 7.39. The number of urea groups is 1. The Labute approximate surface area is 139 Å². The highest BCUT2D eigenvalue weighted by Gasteiger charge is 2.07. The van der Waals surface area contributed by atoms with Crippen LogP contribution in [0.2, 0.25) is 0 Å². The van der Waals surface area contributed by atoms with Gasteiger partial charge in [0.1, 0.15) is 11.5 Å². The van der Waals surface area contributed by atoms with Crippen molar-refractivity contribution in [1.82, 2.24) is 14.9 Å². The molecular formula is C17H18N4O3. The third-order valence-corrected chi connectivity index (χ3v) is 3.46. The van der Waals surface area contributed by atoms with Gasteiger partial charge in [0.05, 0.1) is 32.0 Å². The highest BCUT2D eigenvalue weighted by atomic mass is 16.5. The molecule has 0 aliphatic carbocycles. The number of rotatable bonds is 5. The summed E-state index contributed by atoms with van der Waals surface area (Å²) in [7, 11) is 3.12. The van der Waals surface area contributed by atoms with Crippen molar-refractivity contribution in [2.75, 3.05) is 19.5 Å². The number of pyridine rings is 1. The molecule has 3 aromatic rings. The van der Waals surface area contributed by atoms with E-state index >= 15 is 0 Å². The zero-order chi connectivity index (χ0) is 16.9. The first-order chi connectivity index (χ1) is 11.7. The summed E-state index contributed by atoms with van der Waals surface area (Å²) in [5, 5.41) is 9.91. The van der Waals surface area contributed by atoms with Gasteiger partial charge in [0.25, 0.3) is 0 Å². The number of fused-ring (bicyclic) bond motifs is 1. The Morgan fingerprint density at radius 1 is 1.12 bits per heavy atom. The molecule has 0 aliphatic rings. The maximum atomic E-state index is 12.1. The maximum Gasteiger partial charge on any atom is 0.319 e. The number of ether oxygens (including phenoxy) is 2. The third-order valence-electron chi connectivity index (χ3n) is 3.46. The number of anilines is 1. The molecule has 0 aliphatic heterocycles. The molecule has 3 rings (SSSR count). The minimum atomic E-state index is -0.331. The van der Waals surface area contributed by atoms with Crippen LogP contribution in [0.5, 0.6) is 11.5 Å². The summed E-state index contributed by atoms with van der Waals surface area (Å²) in [5.41, 5.74) is 2.34. The summed E-state index contributed by atoms with van der Waals surface area (Å²) in [6.07, 6.45) is 1.86. The average Bonchev–Trinajstić information content (AvgIpc) is 3.02. The van der Waals surface area contributed by atoms with Crippen LogP contribution in [0, 0.1) is 0 Å². The summed E-state index contributed by atoms with van der Waals surface area (Å²) in [6.45, 7) is 0.328. The van der Waals surface area contributed by atoms with Crippen LogP contribution in [-0.4, -0.2) is 29.9 Å². The van der Waals surface area contributed by atoms with Crippen molar-refractivity contribution in [3.63, 3.8) is 0 Å². The molecule has 7 heteroatoms. The zero-order valence-corrected chi connectivity index (χ0v) is 13.4. The van der Waals surface area contributed by atoms with E-state index in [1.54, 1.807) is 36.9 Å². The molecule has 0 saturated carbocycles. The minimum Gasteiger partial charge on any atom is -0.497 e. The van der Waals surface area contributed by atoms with Crippen molar-refractivity contribution < 1.29 is 14.3 Å². The van der Waals surface area contributed by atoms with Gasteiger partial charge in [-0.2, -0.15) is 5.10 Å². The van der Waals surface area contributed by atoms with E-state index in [1.807, 2.05) is 30.5 Å². The molecule has 2 heterocycles. The van der Waals surface area contributed by atoms with Gasteiger partial charge in [0.2, 0.25) is 0 Å². The van der Waals surface area contributed by atoms with Crippen LogP contribution < -0.4 is 20.1 Å². The molecule has 0 fully saturated rings. The Kier molecular flexibility index (Phi) is 4.51. The monoisotopic (exact) mass is 326 g/mol. The van der Waals surface area contributed by atoms with Crippen LogP contribution >= 0.6 is 0 Å². The van der Waals surface area contributed by atoms with Gasteiger partial charge >= 0.3 is 6.03 Å². The fraction of sp³-hybridized carbons (Fsp3) is 0.176. The quantitative estimate of drug-likeness (QED) is 0.756. The lowest BCUT2D eigenvalue weighted by Crippen LogP contribution is -2.28. The molecule has 2 aromatic heterocycles. The lowest BCUT2D eigenvalue weighted by Gasteiger charge is -2.10. The van der Waals surface area contributed by atoms with E-state index in [0.717, 1.165) is 11.2 Å². The Hall–Kier alpha value is -3.22. The van der Waals surface area contributed by atoms with Gasteiger partial charge in [0, 0.05) is 30.1 Å². The maximum absolute atomic E-state index is 12.1.